The first-order valence-electron chi connectivity index (χ1n) is 7.71. The third kappa shape index (κ3) is 3.92. The molecule has 2 aromatic rings. The molecule has 1 aromatic heterocycles. The number of rotatable bonds is 4. The lowest BCUT2D eigenvalue weighted by atomic mass is 10.1. The largest absolute Gasteiger partial charge is 0.453 e. The fourth-order valence-electron chi connectivity index (χ4n) is 2.36. The van der Waals surface area contributed by atoms with E-state index in [0.717, 1.165) is 5.39 Å². The lowest BCUT2D eigenvalue weighted by Gasteiger charge is -2.28. The van der Waals surface area contributed by atoms with Crippen molar-refractivity contribution in [2.24, 2.45) is 0 Å². The molecule has 1 amide bonds. The third-order valence-corrected chi connectivity index (χ3v) is 3.51. The summed E-state index contributed by atoms with van der Waals surface area (Å²) in [6.45, 7) is 7.23. The van der Waals surface area contributed by atoms with E-state index in [0.29, 0.717) is 12.0 Å². The highest BCUT2D eigenvalue weighted by atomic mass is 16.6. The van der Waals surface area contributed by atoms with E-state index < -0.39 is 17.7 Å². The second-order valence-electron chi connectivity index (χ2n) is 6.53. The fraction of sp³-hybridized carbons (Fsp3) is 0.444. The van der Waals surface area contributed by atoms with E-state index in [-0.39, 0.29) is 11.5 Å². The van der Waals surface area contributed by atoms with Crippen LogP contribution in [0.5, 0.6) is 0 Å². The maximum atomic E-state index is 12.7. The number of benzene rings is 1. The summed E-state index contributed by atoms with van der Waals surface area (Å²) in [4.78, 5) is 26.2. The second-order valence-corrected chi connectivity index (χ2v) is 6.53. The number of Topliss-reactive ketones (excluding diaryl/α,β-unsaturated/α-hetero) is 1. The van der Waals surface area contributed by atoms with Crippen molar-refractivity contribution < 1.29 is 18.7 Å². The average Bonchev–Trinajstić information content (AvgIpc) is 2.89. The molecule has 1 heterocycles. The minimum Gasteiger partial charge on any atom is -0.453 e. The highest BCUT2D eigenvalue weighted by molar-refractivity contribution is 6.02. The lowest BCUT2D eigenvalue weighted by Crippen LogP contribution is -2.44. The van der Waals surface area contributed by atoms with Crippen LogP contribution in [0.25, 0.3) is 11.0 Å². The molecule has 5 heteroatoms. The van der Waals surface area contributed by atoms with Gasteiger partial charge in [0.1, 0.15) is 17.2 Å². The highest BCUT2D eigenvalue weighted by Crippen LogP contribution is 2.22. The third-order valence-electron chi connectivity index (χ3n) is 3.51. The van der Waals surface area contributed by atoms with E-state index in [9.17, 15) is 9.59 Å². The van der Waals surface area contributed by atoms with E-state index in [1.165, 1.54) is 4.90 Å². The summed E-state index contributed by atoms with van der Waals surface area (Å²) < 4.78 is 10.9. The first-order chi connectivity index (χ1) is 10.7. The molecule has 124 valence electrons. The summed E-state index contributed by atoms with van der Waals surface area (Å²) >= 11 is 0. The maximum Gasteiger partial charge on any atom is 0.410 e. The predicted molar refractivity (Wildman–Crippen MR) is 88.6 cm³/mol. The van der Waals surface area contributed by atoms with Crippen LogP contribution >= 0.6 is 0 Å². The van der Waals surface area contributed by atoms with Crippen LogP contribution in [0.4, 0.5) is 4.79 Å². The first kappa shape index (κ1) is 17.1. The molecule has 0 bridgehead atoms. The van der Waals surface area contributed by atoms with Gasteiger partial charge in [-0.3, -0.25) is 4.79 Å². The molecule has 1 atom stereocenters. The summed E-state index contributed by atoms with van der Waals surface area (Å²) in [5.41, 5.74) is 0.0529. The van der Waals surface area contributed by atoms with Gasteiger partial charge >= 0.3 is 6.09 Å². The number of ether oxygens (including phenoxy) is 1. The van der Waals surface area contributed by atoms with Crippen LogP contribution in [0.1, 0.15) is 44.7 Å². The Morgan fingerprint density at radius 3 is 2.48 bits per heavy atom. The monoisotopic (exact) mass is 317 g/mol. The number of hydrogen-bond acceptors (Lipinski definition) is 4. The Morgan fingerprint density at radius 1 is 1.26 bits per heavy atom. The minimum absolute atomic E-state index is 0.225. The fourth-order valence-corrected chi connectivity index (χ4v) is 2.36. The first-order valence-corrected chi connectivity index (χ1v) is 7.71. The molecule has 0 saturated carbocycles. The van der Waals surface area contributed by atoms with Crippen molar-refractivity contribution in [3.8, 4) is 0 Å². The van der Waals surface area contributed by atoms with Gasteiger partial charge in [-0.2, -0.15) is 0 Å². The zero-order valence-corrected chi connectivity index (χ0v) is 14.3. The van der Waals surface area contributed by atoms with Crippen molar-refractivity contribution in [1.29, 1.82) is 0 Å². The van der Waals surface area contributed by atoms with Crippen molar-refractivity contribution in [2.75, 3.05) is 7.05 Å². The van der Waals surface area contributed by atoms with Gasteiger partial charge in [0.25, 0.3) is 0 Å². The van der Waals surface area contributed by atoms with Gasteiger partial charge in [-0.25, -0.2) is 4.79 Å². The van der Waals surface area contributed by atoms with Crippen molar-refractivity contribution in [2.45, 2.75) is 45.8 Å². The van der Waals surface area contributed by atoms with E-state index in [2.05, 4.69) is 0 Å². The Morgan fingerprint density at radius 2 is 1.91 bits per heavy atom. The molecule has 0 aliphatic carbocycles. The normalized spacial score (nSPS) is 12.9. The van der Waals surface area contributed by atoms with Crippen LogP contribution < -0.4 is 0 Å². The van der Waals surface area contributed by atoms with E-state index >= 15 is 0 Å². The Labute approximate surface area is 136 Å². The Kier molecular flexibility index (Phi) is 4.78. The number of carbonyl (C=O) groups excluding carboxylic acids is 2. The van der Waals surface area contributed by atoms with Crippen molar-refractivity contribution >= 4 is 22.8 Å². The van der Waals surface area contributed by atoms with Crippen molar-refractivity contribution in [3.05, 3.63) is 36.1 Å². The van der Waals surface area contributed by atoms with E-state index in [1.54, 1.807) is 33.9 Å². The number of amides is 1. The standard InChI is InChI=1S/C18H23NO4/c1-6-13(19(5)17(21)23-18(2,3)4)16(20)15-11-12-9-7-8-10-14(12)22-15/h7-11,13H,6H2,1-5H3. The molecule has 0 fully saturated rings. The summed E-state index contributed by atoms with van der Waals surface area (Å²) in [6, 6.07) is 8.52. The molecule has 0 aliphatic rings. The van der Waals surface area contributed by atoms with Crippen LogP contribution in [0, 0.1) is 0 Å². The molecule has 0 N–H and O–H groups in total. The van der Waals surface area contributed by atoms with Crippen LogP contribution in [0.2, 0.25) is 0 Å². The van der Waals surface area contributed by atoms with Gasteiger partial charge in [-0.05, 0) is 39.3 Å². The molecule has 1 unspecified atom stereocenters. The van der Waals surface area contributed by atoms with Gasteiger partial charge in [-0.1, -0.05) is 25.1 Å². The van der Waals surface area contributed by atoms with Crippen molar-refractivity contribution in [1.82, 2.24) is 4.90 Å². The number of likely N-dealkylation sites (N-methyl/N-ethyl adjacent to an activating group) is 1. The number of fused-ring (bicyclic) bond motifs is 1. The molecule has 0 spiro atoms. The molecule has 0 radical (unpaired) electrons. The summed E-state index contributed by atoms with van der Waals surface area (Å²) in [6.07, 6.45) is -0.0418. The van der Waals surface area contributed by atoms with Gasteiger partial charge in [0.05, 0.1) is 0 Å². The molecule has 23 heavy (non-hydrogen) atoms. The number of para-hydroxylation sites is 1. The molecular formula is C18H23NO4. The molecular weight excluding hydrogens is 294 g/mol. The number of ketones is 1. The Hall–Kier alpha value is -2.30. The van der Waals surface area contributed by atoms with Crippen LogP contribution in [-0.2, 0) is 4.74 Å². The van der Waals surface area contributed by atoms with E-state index in [4.69, 9.17) is 9.15 Å². The Balaban J connectivity index is 2.22. The Bertz CT molecular complexity index is 678. The van der Waals surface area contributed by atoms with Gasteiger partial charge < -0.3 is 14.1 Å². The van der Waals surface area contributed by atoms with Crippen LogP contribution in [0.15, 0.2) is 34.7 Å². The second kappa shape index (κ2) is 6.44. The zero-order valence-electron chi connectivity index (χ0n) is 14.3. The van der Waals surface area contributed by atoms with Gasteiger partial charge in [0, 0.05) is 12.4 Å². The highest BCUT2D eigenvalue weighted by Gasteiger charge is 2.31. The topological polar surface area (TPSA) is 59.8 Å². The lowest BCUT2D eigenvalue weighted by molar-refractivity contribution is 0.0211. The maximum absolute atomic E-state index is 12.7. The summed E-state index contributed by atoms with van der Waals surface area (Å²) in [5, 5.41) is 0.866. The van der Waals surface area contributed by atoms with Gasteiger partial charge in [-0.15, -0.1) is 0 Å². The van der Waals surface area contributed by atoms with Crippen LogP contribution in [0.3, 0.4) is 0 Å². The van der Waals surface area contributed by atoms with E-state index in [1.807, 2.05) is 31.2 Å². The number of carbonyl (C=O) groups is 2. The average molecular weight is 317 g/mol. The van der Waals surface area contributed by atoms with Gasteiger partial charge in [0.2, 0.25) is 5.78 Å². The molecule has 0 saturated heterocycles. The SMILES string of the molecule is CCC(C(=O)c1cc2ccccc2o1)N(C)C(=O)OC(C)(C)C. The van der Waals surface area contributed by atoms with Crippen molar-refractivity contribution in [3.63, 3.8) is 0 Å². The number of hydrogen-bond donors (Lipinski definition) is 0. The summed E-state index contributed by atoms with van der Waals surface area (Å²) in [5.74, 6) is 0.0329. The molecule has 0 aliphatic heterocycles. The van der Waals surface area contributed by atoms with Gasteiger partial charge in [0.15, 0.2) is 5.76 Å². The quantitative estimate of drug-likeness (QED) is 0.790. The zero-order chi connectivity index (χ0) is 17.2. The number of furan rings is 1. The summed E-state index contributed by atoms with van der Waals surface area (Å²) in [7, 11) is 1.57. The number of nitrogens with zero attached hydrogens (tertiary/aromatic N) is 1. The molecule has 1 aromatic carbocycles. The minimum atomic E-state index is -0.620. The smallest absolute Gasteiger partial charge is 0.410 e. The van der Waals surface area contributed by atoms with Crippen LogP contribution in [-0.4, -0.2) is 35.5 Å². The molecule has 5 nitrogen and oxygen atoms in total. The predicted octanol–water partition coefficient (Wildman–Crippen LogP) is 4.26. The molecule has 2 rings (SSSR count).